The Morgan fingerprint density at radius 2 is 1.78 bits per heavy atom. The highest BCUT2D eigenvalue weighted by Gasteiger charge is 2.22. The number of aliphatic carboxylic acids is 1. The predicted molar refractivity (Wildman–Crippen MR) is 120 cm³/mol. The molecule has 7 nitrogen and oxygen atoms in total. The molecule has 1 atom stereocenters. The van der Waals surface area contributed by atoms with Crippen LogP contribution in [0.1, 0.15) is 45.7 Å². The number of ether oxygens (including phenoxy) is 1. The van der Waals surface area contributed by atoms with Gasteiger partial charge in [-0.15, -0.1) is 0 Å². The van der Waals surface area contributed by atoms with Crippen LogP contribution >= 0.6 is 11.6 Å². The molecule has 1 aromatic heterocycles. The van der Waals surface area contributed by atoms with E-state index in [0.717, 1.165) is 0 Å². The van der Waals surface area contributed by atoms with Crippen molar-refractivity contribution in [2.45, 2.75) is 19.4 Å². The largest absolute Gasteiger partial charge is 0.481 e. The summed E-state index contributed by atoms with van der Waals surface area (Å²) in [6, 6.07) is 14.4. The van der Waals surface area contributed by atoms with Crippen LogP contribution in [0.15, 0.2) is 60.8 Å². The molecule has 3 aromatic rings. The molecular formula is C24H21ClN2O5. The molecule has 3 rings (SSSR count). The van der Waals surface area contributed by atoms with Crippen LogP contribution in [0.3, 0.4) is 0 Å². The number of carbonyl (C=O) groups excluding carboxylic acids is 2. The number of ketones is 1. The highest BCUT2D eigenvalue weighted by Crippen LogP contribution is 2.30. The third kappa shape index (κ3) is 5.31. The molecule has 1 amide bonds. The maximum absolute atomic E-state index is 13.0. The van der Waals surface area contributed by atoms with Gasteiger partial charge in [-0.2, -0.15) is 0 Å². The summed E-state index contributed by atoms with van der Waals surface area (Å²) in [6.45, 7) is 1.48. The number of hydrogen-bond donors (Lipinski definition) is 2. The summed E-state index contributed by atoms with van der Waals surface area (Å²) in [5.74, 6) is -1.33. The van der Waals surface area contributed by atoms with Crippen molar-refractivity contribution in [1.29, 1.82) is 0 Å². The molecule has 0 saturated heterocycles. The zero-order valence-corrected chi connectivity index (χ0v) is 18.2. The molecule has 1 unspecified atom stereocenters. The standard InChI is InChI=1S/C24H21ClN2O5/c1-14(28)15-7-9-16(10-8-15)19-11-17(13-26-24(19)32-2)23(31)27-21(12-22(29)30)18-5-3-4-6-20(18)25/h3-11,13,21H,12H2,1-2H3,(H,27,31)(H,29,30). The van der Waals surface area contributed by atoms with Crippen molar-refractivity contribution in [3.63, 3.8) is 0 Å². The Kier molecular flexibility index (Phi) is 7.22. The summed E-state index contributed by atoms with van der Waals surface area (Å²) in [7, 11) is 1.47. The van der Waals surface area contributed by atoms with Gasteiger partial charge in [0, 0.05) is 22.3 Å². The number of pyridine rings is 1. The van der Waals surface area contributed by atoms with Crippen LogP contribution in [0.25, 0.3) is 11.1 Å². The third-order valence-electron chi connectivity index (χ3n) is 4.87. The summed E-state index contributed by atoms with van der Waals surface area (Å²) >= 11 is 6.21. The average molecular weight is 453 g/mol. The fraction of sp³-hybridized carbons (Fsp3) is 0.167. The van der Waals surface area contributed by atoms with E-state index in [1.54, 1.807) is 54.6 Å². The summed E-state index contributed by atoms with van der Waals surface area (Å²) in [5.41, 5.74) is 2.56. The number of carboxylic acid groups (broad SMARTS) is 1. The first kappa shape index (κ1) is 23.0. The van der Waals surface area contributed by atoms with E-state index in [9.17, 15) is 19.5 Å². The average Bonchev–Trinajstić information content (AvgIpc) is 2.78. The van der Waals surface area contributed by atoms with Crippen LogP contribution in [-0.4, -0.2) is 34.9 Å². The SMILES string of the molecule is COc1ncc(C(=O)NC(CC(=O)O)c2ccccc2Cl)cc1-c1ccc(C(C)=O)cc1. The topological polar surface area (TPSA) is 106 Å². The molecule has 32 heavy (non-hydrogen) atoms. The quantitative estimate of drug-likeness (QED) is 0.485. The van der Waals surface area contributed by atoms with Gasteiger partial charge in [0.05, 0.1) is 25.1 Å². The first-order chi connectivity index (χ1) is 15.3. The van der Waals surface area contributed by atoms with Gasteiger partial charge in [0.1, 0.15) is 0 Å². The third-order valence-corrected chi connectivity index (χ3v) is 5.22. The van der Waals surface area contributed by atoms with Crippen LogP contribution in [0.4, 0.5) is 0 Å². The maximum atomic E-state index is 13.0. The minimum atomic E-state index is -1.07. The van der Waals surface area contributed by atoms with E-state index in [1.807, 2.05) is 0 Å². The molecule has 0 aliphatic carbocycles. The Balaban J connectivity index is 1.93. The van der Waals surface area contributed by atoms with E-state index in [1.165, 1.54) is 20.2 Å². The van der Waals surface area contributed by atoms with E-state index in [-0.39, 0.29) is 17.8 Å². The number of methoxy groups -OCH3 is 1. The Bertz CT molecular complexity index is 1160. The molecule has 0 bridgehead atoms. The van der Waals surface area contributed by atoms with Crippen molar-refractivity contribution in [2.24, 2.45) is 0 Å². The lowest BCUT2D eigenvalue weighted by Crippen LogP contribution is -2.30. The fourth-order valence-corrected chi connectivity index (χ4v) is 3.51. The van der Waals surface area contributed by atoms with E-state index in [4.69, 9.17) is 16.3 Å². The van der Waals surface area contributed by atoms with Crippen LogP contribution in [0, 0.1) is 0 Å². The van der Waals surface area contributed by atoms with Crippen molar-refractivity contribution >= 4 is 29.3 Å². The monoisotopic (exact) mass is 452 g/mol. The van der Waals surface area contributed by atoms with Crippen LogP contribution in [-0.2, 0) is 4.79 Å². The van der Waals surface area contributed by atoms with Crippen LogP contribution < -0.4 is 10.1 Å². The number of benzene rings is 2. The maximum Gasteiger partial charge on any atom is 0.305 e. The van der Waals surface area contributed by atoms with E-state index in [0.29, 0.717) is 33.2 Å². The molecular weight excluding hydrogens is 432 g/mol. The molecule has 0 radical (unpaired) electrons. The number of nitrogens with one attached hydrogen (secondary N) is 1. The Morgan fingerprint density at radius 1 is 1.09 bits per heavy atom. The number of carbonyl (C=O) groups is 3. The lowest BCUT2D eigenvalue weighted by molar-refractivity contribution is -0.137. The second-order valence-electron chi connectivity index (χ2n) is 7.06. The summed E-state index contributed by atoms with van der Waals surface area (Å²) in [5, 5.41) is 12.4. The zero-order valence-electron chi connectivity index (χ0n) is 17.5. The minimum Gasteiger partial charge on any atom is -0.481 e. The molecule has 2 N–H and O–H groups in total. The number of Topliss-reactive ketones (excluding diaryl/α,β-unsaturated/α-hetero) is 1. The lowest BCUT2D eigenvalue weighted by atomic mass is 10.0. The van der Waals surface area contributed by atoms with Gasteiger partial charge < -0.3 is 15.2 Å². The van der Waals surface area contributed by atoms with Crippen LogP contribution in [0.2, 0.25) is 5.02 Å². The first-order valence-corrected chi connectivity index (χ1v) is 10.1. The molecule has 0 spiro atoms. The number of aromatic nitrogens is 1. The molecule has 0 fully saturated rings. The van der Waals surface area contributed by atoms with Gasteiger partial charge in [0.25, 0.3) is 5.91 Å². The van der Waals surface area contributed by atoms with E-state index >= 15 is 0 Å². The van der Waals surface area contributed by atoms with Crippen molar-refractivity contribution in [3.05, 3.63) is 82.5 Å². The van der Waals surface area contributed by atoms with Gasteiger partial charge >= 0.3 is 5.97 Å². The molecule has 2 aromatic carbocycles. The first-order valence-electron chi connectivity index (χ1n) is 9.72. The lowest BCUT2D eigenvalue weighted by Gasteiger charge is -2.19. The van der Waals surface area contributed by atoms with E-state index in [2.05, 4.69) is 10.3 Å². The van der Waals surface area contributed by atoms with Crippen LogP contribution in [0.5, 0.6) is 5.88 Å². The highest BCUT2D eigenvalue weighted by molar-refractivity contribution is 6.31. The molecule has 0 aliphatic rings. The summed E-state index contributed by atoms with van der Waals surface area (Å²) in [4.78, 5) is 40.1. The number of halogens is 1. The van der Waals surface area contributed by atoms with E-state index < -0.39 is 17.9 Å². The Labute approximate surface area is 190 Å². The fourth-order valence-electron chi connectivity index (χ4n) is 3.24. The Hall–Kier alpha value is -3.71. The molecule has 0 aliphatic heterocycles. The van der Waals surface area contributed by atoms with Gasteiger partial charge in [-0.05, 0) is 30.2 Å². The summed E-state index contributed by atoms with van der Waals surface area (Å²) in [6.07, 6.45) is 1.02. The second kappa shape index (κ2) is 10.1. The number of rotatable bonds is 8. The molecule has 164 valence electrons. The second-order valence-corrected chi connectivity index (χ2v) is 7.47. The van der Waals surface area contributed by atoms with Crippen molar-refractivity contribution in [1.82, 2.24) is 10.3 Å². The molecule has 8 heteroatoms. The van der Waals surface area contributed by atoms with Gasteiger partial charge in [0.2, 0.25) is 5.88 Å². The number of carboxylic acids is 1. The summed E-state index contributed by atoms with van der Waals surface area (Å²) < 4.78 is 5.33. The smallest absolute Gasteiger partial charge is 0.305 e. The number of hydrogen-bond acceptors (Lipinski definition) is 5. The normalized spacial score (nSPS) is 11.5. The highest BCUT2D eigenvalue weighted by atomic mass is 35.5. The minimum absolute atomic E-state index is 0.0567. The van der Waals surface area contributed by atoms with Crippen molar-refractivity contribution in [2.75, 3.05) is 7.11 Å². The Morgan fingerprint density at radius 3 is 2.38 bits per heavy atom. The van der Waals surface area contributed by atoms with Gasteiger partial charge in [-0.3, -0.25) is 14.4 Å². The number of nitrogens with zero attached hydrogens (tertiary/aromatic N) is 1. The predicted octanol–water partition coefficient (Wildman–Crippen LogP) is 4.56. The molecule has 1 heterocycles. The molecule has 0 saturated carbocycles. The van der Waals surface area contributed by atoms with Crippen molar-refractivity contribution < 1.29 is 24.2 Å². The zero-order chi connectivity index (χ0) is 23.3. The number of amides is 1. The van der Waals surface area contributed by atoms with Gasteiger partial charge in [-0.1, -0.05) is 54.1 Å². The van der Waals surface area contributed by atoms with Gasteiger partial charge in [-0.25, -0.2) is 4.98 Å². The van der Waals surface area contributed by atoms with Crippen molar-refractivity contribution in [3.8, 4) is 17.0 Å². The van der Waals surface area contributed by atoms with Gasteiger partial charge in [0.15, 0.2) is 5.78 Å².